The van der Waals surface area contributed by atoms with Crippen LogP contribution >= 0.6 is 11.3 Å². The molecule has 0 unspecified atom stereocenters. The Morgan fingerprint density at radius 2 is 1.31 bits per heavy atom. The smallest absolute Gasteiger partial charge is 0.135 e. The van der Waals surface area contributed by atoms with Crippen LogP contribution in [0.2, 0.25) is 0 Å². The van der Waals surface area contributed by atoms with Crippen LogP contribution in [0.1, 0.15) is 31.9 Å². The zero-order valence-corrected chi connectivity index (χ0v) is 33.5. The van der Waals surface area contributed by atoms with Gasteiger partial charge in [0.1, 0.15) is 5.82 Å². The Kier molecular flexibility index (Phi) is 8.84. The zero-order chi connectivity index (χ0) is 36.4. The molecule has 3 aromatic heterocycles. The van der Waals surface area contributed by atoms with Gasteiger partial charge in [0.15, 0.2) is 0 Å². The van der Waals surface area contributed by atoms with Crippen molar-refractivity contribution < 1.29 is 25.8 Å². The van der Waals surface area contributed by atoms with Crippen LogP contribution in [0.5, 0.6) is 11.5 Å². The Morgan fingerprint density at radius 1 is 0.618 bits per heavy atom. The number of hydrogen-bond acceptors (Lipinski definition) is 5. The topological polar surface area (TPSA) is 33.5 Å². The van der Waals surface area contributed by atoms with Crippen LogP contribution in [0.3, 0.4) is 0 Å². The van der Waals surface area contributed by atoms with Gasteiger partial charge in [0.2, 0.25) is 0 Å². The summed E-state index contributed by atoms with van der Waals surface area (Å²) in [5.74, 6) is 2.04. The van der Waals surface area contributed by atoms with Crippen molar-refractivity contribution in [3.63, 3.8) is 0 Å². The fourth-order valence-electron chi connectivity index (χ4n) is 7.64. The molecule has 7 heteroatoms. The van der Waals surface area contributed by atoms with Gasteiger partial charge in [-0.1, -0.05) is 96.5 Å². The van der Waals surface area contributed by atoms with Gasteiger partial charge in [-0.15, -0.1) is 52.7 Å². The normalized spacial score (nSPS) is 13.4. The molecule has 0 amide bonds. The Balaban J connectivity index is 0.00000397. The Bertz CT molecular complexity index is 2880. The predicted octanol–water partition coefficient (Wildman–Crippen LogP) is 12.5. The van der Waals surface area contributed by atoms with Gasteiger partial charge in [0, 0.05) is 75.9 Å². The Hall–Kier alpha value is -5.68. The number of fused-ring (bicyclic) bond motifs is 7. The van der Waals surface area contributed by atoms with Gasteiger partial charge < -0.3 is 19.1 Å². The summed E-state index contributed by atoms with van der Waals surface area (Å²) in [5.41, 5.74) is 7.23. The van der Waals surface area contributed by atoms with Crippen molar-refractivity contribution in [1.29, 1.82) is 0 Å². The first-order valence-electron chi connectivity index (χ1n) is 18.1. The van der Waals surface area contributed by atoms with Crippen LogP contribution in [0.15, 0.2) is 152 Å². The standard InChI is InChI=1S/C48H35N4OS.Pt/c1-48(2,3)51-31-50(45(32-15-6-4-7-16-32)46(51)33-17-8-5-9-18-33)34-19-14-20-35(29-34)53-36-24-25-37-38-26-27-42-44(39-21-10-11-22-41(39)54-42)47(38)52(40(37)30-36)43-23-12-13-28-49-43;/h4-28,31H,1-3H3;/q-3;. The molecule has 0 radical (unpaired) electrons. The number of hydrogen-bond donors (Lipinski definition) is 0. The number of benzene rings is 6. The van der Waals surface area contributed by atoms with E-state index in [-0.39, 0.29) is 26.6 Å². The van der Waals surface area contributed by atoms with E-state index in [1.165, 1.54) is 20.2 Å². The van der Waals surface area contributed by atoms with Gasteiger partial charge in [-0.2, -0.15) is 18.8 Å². The quantitative estimate of drug-likeness (QED) is 0.156. The molecule has 10 rings (SSSR count). The minimum absolute atomic E-state index is 0. The number of ether oxygens (including phenoxy) is 1. The maximum atomic E-state index is 6.65. The van der Waals surface area contributed by atoms with Gasteiger partial charge in [0.25, 0.3) is 0 Å². The number of rotatable bonds is 6. The second kappa shape index (κ2) is 13.9. The van der Waals surface area contributed by atoms with Crippen LogP contribution < -0.4 is 9.64 Å². The van der Waals surface area contributed by atoms with Gasteiger partial charge in [-0.25, -0.2) is 4.98 Å². The molecule has 0 N–H and O–H groups in total. The summed E-state index contributed by atoms with van der Waals surface area (Å²) in [6.07, 6.45) is 1.84. The summed E-state index contributed by atoms with van der Waals surface area (Å²) in [5, 5.41) is 4.73. The van der Waals surface area contributed by atoms with Crippen LogP contribution in [-0.4, -0.2) is 20.0 Å². The van der Waals surface area contributed by atoms with Gasteiger partial charge >= 0.3 is 0 Å². The van der Waals surface area contributed by atoms with Crippen LogP contribution in [0.4, 0.5) is 5.69 Å². The monoisotopic (exact) mass is 910 g/mol. The molecule has 0 bridgehead atoms. The van der Waals surface area contributed by atoms with Crippen molar-refractivity contribution in [2.45, 2.75) is 26.3 Å². The minimum atomic E-state index is -0.189. The largest absolute Gasteiger partial charge is 0.509 e. The fourth-order valence-corrected chi connectivity index (χ4v) is 8.75. The van der Waals surface area contributed by atoms with E-state index in [0.29, 0.717) is 11.5 Å². The fraction of sp³-hybridized carbons (Fsp3) is 0.0833. The molecular weight excluding hydrogens is 876 g/mol. The summed E-state index contributed by atoms with van der Waals surface area (Å²) in [7, 11) is 0. The van der Waals surface area contributed by atoms with Crippen LogP contribution in [0.25, 0.3) is 59.2 Å². The molecule has 0 saturated heterocycles. The predicted molar refractivity (Wildman–Crippen MR) is 224 cm³/mol. The molecule has 272 valence electrons. The van der Waals surface area contributed by atoms with E-state index in [4.69, 9.17) is 9.72 Å². The van der Waals surface area contributed by atoms with E-state index in [1.54, 1.807) is 0 Å². The van der Waals surface area contributed by atoms with E-state index >= 15 is 0 Å². The second-order valence-electron chi connectivity index (χ2n) is 14.5. The Morgan fingerprint density at radius 3 is 2.05 bits per heavy atom. The molecule has 5 nitrogen and oxygen atoms in total. The van der Waals surface area contributed by atoms with E-state index in [9.17, 15) is 0 Å². The molecule has 9 aromatic rings. The molecule has 0 fully saturated rings. The SMILES string of the molecule is CC(C)(C)N1[CH-]N(c2[c-]c(Oc3[c-]c4c(cc3)c3ccc5sc6ccccc6c5c3n4-c3ccccn3)ccc2)C(c2ccccc2)=C1c1ccccc1.[Pt]. The summed E-state index contributed by atoms with van der Waals surface area (Å²) in [4.78, 5) is 9.42. The van der Waals surface area contributed by atoms with Crippen molar-refractivity contribution in [1.82, 2.24) is 14.5 Å². The number of anilines is 1. The van der Waals surface area contributed by atoms with Crippen molar-refractivity contribution >= 4 is 70.4 Å². The van der Waals surface area contributed by atoms with E-state index in [2.05, 4.69) is 169 Å². The van der Waals surface area contributed by atoms with Crippen molar-refractivity contribution in [2.75, 3.05) is 4.90 Å². The first kappa shape index (κ1) is 35.0. The van der Waals surface area contributed by atoms with Crippen molar-refractivity contribution in [3.05, 3.63) is 182 Å². The third-order valence-electron chi connectivity index (χ3n) is 10.0. The maximum absolute atomic E-state index is 6.65. The summed E-state index contributed by atoms with van der Waals surface area (Å²) >= 11 is 1.82. The molecule has 0 spiro atoms. The van der Waals surface area contributed by atoms with Gasteiger partial charge in [0.05, 0.1) is 5.52 Å². The average Bonchev–Trinajstić information content (AvgIpc) is 3.89. The third kappa shape index (κ3) is 6.01. The molecule has 6 aromatic carbocycles. The van der Waals surface area contributed by atoms with Crippen LogP contribution in [0, 0.1) is 18.8 Å². The first-order valence-corrected chi connectivity index (χ1v) is 18.9. The summed E-state index contributed by atoms with van der Waals surface area (Å²) in [6, 6.07) is 57.9. The molecule has 1 aliphatic rings. The van der Waals surface area contributed by atoms with E-state index in [1.807, 2.05) is 47.9 Å². The average molecular weight is 911 g/mol. The summed E-state index contributed by atoms with van der Waals surface area (Å²) < 4.78 is 11.4. The molecule has 0 atom stereocenters. The van der Waals surface area contributed by atoms with Gasteiger partial charge in [-0.05, 0) is 61.5 Å². The molecule has 4 heterocycles. The summed E-state index contributed by atoms with van der Waals surface area (Å²) in [6.45, 7) is 8.91. The van der Waals surface area contributed by atoms with Crippen LogP contribution in [-0.2, 0) is 21.1 Å². The molecule has 1 aliphatic heterocycles. The molecule has 0 aliphatic carbocycles. The zero-order valence-electron chi connectivity index (χ0n) is 30.4. The second-order valence-corrected chi connectivity index (χ2v) is 15.6. The number of pyridine rings is 1. The Labute approximate surface area is 339 Å². The molecule has 55 heavy (non-hydrogen) atoms. The van der Waals surface area contributed by atoms with E-state index in [0.717, 1.165) is 55.8 Å². The first-order chi connectivity index (χ1) is 26.4. The van der Waals surface area contributed by atoms with Gasteiger partial charge in [-0.3, -0.25) is 0 Å². The van der Waals surface area contributed by atoms with E-state index < -0.39 is 0 Å². The molecular formula is C48H35N4OPtS-3. The number of aromatic nitrogens is 2. The van der Waals surface area contributed by atoms with Crippen molar-refractivity contribution in [2.24, 2.45) is 0 Å². The third-order valence-corrected chi connectivity index (χ3v) is 11.2. The van der Waals surface area contributed by atoms with Crippen molar-refractivity contribution in [3.8, 4) is 17.3 Å². The number of thiophene rings is 1. The minimum Gasteiger partial charge on any atom is -0.509 e. The number of nitrogens with zero attached hydrogens (tertiary/aromatic N) is 4. The maximum Gasteiger partial charge on any atom is 0.135 e. The molecule has 0 saturated carbocycles.